The first kappa shape index (κ1) is 25.3. The van der Waals surface area contributed by atoms with E-state index in [1.54, 1.807) is 11.0 Å². The van der Waals surface area contributed by atoms with Gasteiger partial charge in [0, 0.05) is 37.4 Å². The van der Waals surface area contributed by atoms with Gasteiger partial charge in [-0.15, -0.1) is 13.2 Å². The van der Waals surface area contributed by atoms with Gasteiger partial charge in [0.2, 0.25) is 5.91 Å². The number of piperidine rings is 1. The Hall–Kier alpha value is -2.81. The number of rotatable bonds is 4. The van der Waals surface area contributed by atoms with E-state index in [9.17, 15) is 18.0 Å². The molecule has 2 aliphatic heterocycles. The standard InChI is InChI=1S/C26H30F3N3O2S/c1-18-13-19(2)15-21(14-18)30-24(35)31-10-7-25(8-11-31)9-12-32(17-25)23(33)16-20-5-3-4-6-22(20)34-26(27,28)29/h3-6,13-15H,7-12,16-17H2,1-2H3,(H,30,35). The van der Waals surface area contributed by atoms with Gasteiger partial charge in [0.1, 0.15) is 5.75 Å². The molecule has 9 heteroatoms. The van der Waals surface area contributed by atoms with E-state index < -0.39 is 6.36 Å². The number of aryl methyl sites for hydroxylation is 2. The molecule has 0 radical (unpaired) electrons. The Kier molecular flexibility index (Phi) is 7.26. The smallest absolute Gasteiger partial charge is 0.405 e. The van der Waals surface area contributed by atoms with Gasteiger partial charge in [-0.25, -0.2) is 0 Å². The molecule has 4 rings (SSSR count). The van der Waals surface area contributed by atoms with Gasteiger partial charge in [-0.05, 0) is 80.1 Å². The van der Waals surface area contributed by atoms with Crippen LogP contribution in [0.15, 0.2) is 42.5 Å². The maximum Gasteiger partial charge on any atom is 0.573 e. The highest BCUT2D eigenvalue weighted by Gasteiger charge is 2.42. The first-order valence-electron chi connectivity index (χ1n) is 11.8. The molecule has 0 aromatic heterocycles. The van der Waals surface area contributed by atoms with Crippen LogP contribution in [-0.4, -0.2) is 53.4 Å². The molecule has 1 spiro atoms. The van der Waals surface area contributed by atoms with Crippen molar-refractivity contribution in [3.05, 3.63) is 59.2 Å². The van der Waals surface area contributed by atoms with Gasteiger partial charge in [-0.2, -0.15) is 0 Å². The second-order valence-corrected chi connectivity index (χ2v) is 10.1. The minimum atomic E-state index is -4.79. The summed E-state index contributed by atoms with van der Waals surface area (Å²) in [4.78, 5) is 16.9. The average Bonchev–Trinajstić information content (AvgIpc) is 3.17. The number of ether oxygens (including phenoxy) is 1. The number of benzene rings is 2. The fraction of sp³-hybridized carbons (Fsp3) is 0.462. The molecule has 2 saturated heterocycles. The maximum atomic E-state index is 12.9. The van der Waals surface area contributed by atoms with E-state index in [1.807, 2.05) is 0 Å². The Labute approximate surface area is 209 Å². The highest BCUT2D eigenvalue weighted by molar-refractivity contribution is 7.80. The molecule has 0 aliphatic carbocycles. The second-order valence-electron chi connectivity index (χ2n) is 9.69. The van der Waals surface area contributed by atoms with E-state index in [4.69, 9.17) is 12.2 Å². The fourth-order valence-corrected chi connectivity index (χ4v) is 5.44. The summed E-state index contributed by atoms with van der Waals surface area (Å²) in [6, 6.07) is 12.1. The number of para-hydroxylation sites is 1. The van der Waals surface area contributed by atoms with Crippen LogP contribution in [0.5, 0.6) is 5.75 Å². The molecule has 0 saturated carbocycles. The number of hydrogen-bond donors (Lipinski definition) is 1. The van der Waals surface area contributed by atoms with Crippen molar-refractivity contribution < 1.29 is 22.7 Å². The highest BCUT2D eigenvalue weighted by Crippen LogP contribution is 2.41. The molecule has 5 nitrogen and oxygen atoms in total. The molecule has 2 aromatic rings. The lowest BCUT2D eigenvalue weighted by Crippen LogP contribution is -2.46. The van der Waals surface area contributed by atoms with Crippen molar-refractivity contribution in [2.45, 2.75) is 45.9 Å². The van der Waals surface area contributed by atoms with Crippen LogP contribution < -0.4 is 10.1 Å². The van der Waals surface area contributed by atoms with Crippen LogP contribution in [-0.2, 0) is 11.2 Å². The summed E-state index contributed by atoms with van der Waals surface area (Å²) in [5, 5.41) is 4.05. The lowest BCUT2D eigenvalue weighted by Gasteiger charge is -2.40. The number of anilines is 1. The third kappa shape index (κ3) is 6.45. The minimum Gasteiger partial charge on any atom is -0.405 e. The number of carbonyl (C=O) groups excluding carboxylic acids is 1. The number of nitrogens with one attached hydrogen (secondary N) is 1. The third-order valence-corrected chi connectivity index (χ3v) is 7.28. The monoisotopic (exact) mass is 505 g/mol. The van der Waals surface area contributed by atoms with Crippen molar-refractivity contribution in [3.63, 3.8) is 0 Å². The molecule has 0 unspecified atom stereocenters. The van der Waals surface area contributed by atoms with Crippen LogP contribution in [0.1, 0.15) is 36.0 Å². The van der Waals surface area contributed by atoms with Gasteiger partial charge in [0.25, 0.3) is 0 Å². The van der Waals surface area contributed by atoms with Crippen LogP contribution >= 0.6 is 12.2 Å². The van der Waals surface area contributed by atoms with Crippen molar-refractivity contribution in [1.82, 2.24) is 9.80 Å². The van der Waals surface area contributed by atoms with Crippen LogP contribution in [0.4, 0.5) is 18.9 Å². The Morgan fingerprint density at radius 2 is 1.63 bits per heavy atom. The average molecular weight is 506 g/mol. The molecule has 188 valence electrons. The molecule has 1 amide bonds. The van der Waals surface area contributed by atoms with Crippen LogP contribution in [0.2, 0.25) is 0 Å². The number of halogens is 3. The van der Waals surface area contributed by atoms with Gasteiger partial charge in [0.15, 0.2) is 5.11 Å². The van der Waals surface area contributed by atoms with E-state index in [-0.39, 0.29) is 29.1 Å². The van der Waals surface area contributed by atoms with Gasteiger partial charge < -0.3 is 19.9 Å². The molecule has 2 aliphatic rings. The van der Waals surface area contributed by atoms with Crippen LogP contribution in [0.3, 0.4) is 0 Å². The summed E-state index contributed by atoms with van der Waals surface area (Å²) in [6.45, 7) is 6.97. The summed E-state index contributed by atoms with van der Waals surface area (Å²) in [5.41, 5.74) is 3.62. The van der Waals surface area contributed by atoms with Crippen molar-refractivity contribution in [3.8, 4) is 5.75 Å². The Morgan fingerprint density at radius 3 is 2.26 bits per heavy atom. The van der Waals surface area contributed by atoms with Crippen molar-refractivity contribution in [2.24, 2.45) is 5.41 Å². The van der Waals surface area contributed by atoms with Crippen LogP contribution in [0, 0.1) is 19.3 Å². The SMILES string of the molecule is Cc1cc(C)cc(NC(=S)N2CCC3(CCN(C(=O)Cc4ccccc4OC(F)(F)F)C3)CC2)c1. The van der Waals surface area contributed by atoms with Gasteiger partial charge in [-0.1, -0.05) is 24.3 Å². The number of amides is 1. The van der Waals surface area contributed by atoms with E-state index >= 15 is 0 Å². The molecule has 35 heavy (non-hydrogen) atoms. The van der Waals surface area contributed by atoms with Crippen LogP contribution in [0.25, 0.3) is 0 Å². The zero-order valence-corrected chi connectivity index (χ0v) is 20.8. The highest BCUT2D eigenvalue weighted by atomic mass is 32.1. The largest absolute Gasteiger partial charge is 0.573 e. The van der Waals surface area contributed by atoms with E-state index in [2.05, 4.69) is 47.0 Å². The molecule has 0 bridgehead atoms. The fourth-order valence-electron chi connectivity index (χ4n) is 5.14. The third-order valence-electron chi connectivity index (χ3n) is 6.92. The predicted molar refractivity (Wildman–Crippen MR) is 133 cm³/mol. The number of alkyl halides is 3. The quantitative estimate of drug-likeness (QED) is 0.560. The predicted octanol–water partition coefficient (Wildman–Crippen LogP) is 5.46. The van der Waals surface area contributed by atoms with Crippen molar-refractivity contribution in [2.75, 3.05) is 31.5 Å². The van der Waals surface area contributed by atoms with E-state index in [0.717, 1.165) is 38.0 Å². The first-order valence-corrected chi connectivity index (χ1v) is 12.2. The summed E-state index contributed by atoms with van der Waals surface area (Å²) in [6.07, 6.45) is -2.18. The van der Waals surface area contributed by atoms with Gasteiger partial charge in [0.05, 0.1) is 6.42 Å². The maximum absolute atomic E-state index is 12.9. The van der Waals surface area contributed by atoms with Gasteiger partial charge >= 0.3 is 6.36 Å². The van der Waals surface area contributed by atoms with Gasteiger partial charge in [-0.3, -0.25) is 4.79 Å². The molecular weight excluding hydrogens is 475 g/mol. The summed E-state index contributed by atoms with van der Waals surface area (Å²) in [7, 11) is 0. The minimum absolute atomic E-state index is 0.0314. The molecule has 2 heterocycles. The Bertz CT molecular complexity index is 1080. The Balaban J connectivity index is 1.31. The number of likely N-dealkylation sites (tertiary alicyclic amines) is 2. The number of nitrogens with zero attached hydrogens (tertiary/aromatic N) is 2. The number of carbonyl (C=O) groups is 1. The second kappa shape index (κ2) is 10.0. The molecule has 1 N–H and O–H groups in total. The number of hydrogen-bond acceptors (Lipinski definition) is 3. The van der Waals surface area contributed by atoms with E-state index in [1.165, 1.54) is 29.3 Å². The van der Waals surface area contributed by atoms with Crippen molar-refractivity contribution >= 4 is 28.9 Å². The molecule has 2 aromatic carbocycles. The summed E-state index contributed by atoms with van der Waals surface area (Å²) >= 11 is 5.65. The Morgan fingerprint density at radius 1 is 1.03 bits per heavy atom. The summed E-state index contributed by atoms with van der Waals surface area (Å²) in [5.74, 6) is -0.491. The lowest BCUT2D eigenvalue weighted by atomic mass is 9.78. The topological polar surface area (TPSA) is 44.8 Å². The molecule has 0 atom stereocenters. The lowest BCUT2D eigenvalue weighted by molar-refractivity contribution is -0.274. The zero-order chi connectivity index (χ0) is 25.2. The zero-order valence-electron chi connectivity index (χ0n) is 20.0. The van der Waals surface area contributed by atoms with Crippen molar-refractivity contribution in [1.29, 1.82) is 0 Å². The summed E-state index contributed by atoms with van der Waals surface area (Å²) < 4.78 is 42.2. The molecule has 2 fully saturated rings. The molecular formula is C26H30F3N3O2S. The normalized spacial score (nSPS) is 17.5. The van der Waals surface area contributed by atoms with E-state index in [0.29, 0.717) is 18.2 Å². The number of thiocarbonyl (C=S) groups is 1. The first-order chi connectivity index (χ1) is 16.5.